The molecule has 3 atom stereocenters. The van der Waals surface area contributed by atoms with E-state index in [1.165, 1.54) is 25.9 Å². The van der Waals surface area contributed by atoms with Crippen molar-refractivity contribution in [1.29, 1.82) is 0 Å². The van der Waals surface area contributed by atoms with Crippen LogP contribution in [0, 0.1) is 23.7 Å². The van der Waals surface area contributed by atoms with Gasteiger partial charge in [0.2, 0.25) is 0 Å². The van der Waals surface area contributed by atoms with Crippen LogP contribution in [-0.4, -0.2) is 17.4 Å². The lowest BCUT2D eigenvalue weighted by Gasteiger charge is -2.52. The fraction of sp³-hybridized carbons (Fsp3) is 1.00. The third-order valence-corrected chi connectivity index (χ3v) is 5.11. The molecule has 3 heteroatoms. The standard InChI is InChI=1S/C10H19NS2/c1-7(2)10-5-8-6-11(13-12)4-3-9(8)10/h7-10,12H,3-6H2,1-2H3. The zero-order valence-corrected chi connectivity index (χ0v) is 10.2. The van der Waals surface area contributed by atoms with Crippen LogP contribution < -0.4 is 0 Å². The summed E-state index contributed by atoms with van der Waals surface area (Å²) in [6.07, 6.45) is 2.87. The van der Waals surface area contributed by atoms with Crippen LogP contribution in [0.4, 0.5) is 0 Å². The summed E-state index contributed by atoms with van der Waals surface area (Å²) in [6, 6.07) is 0. The first-order valence-corrected chi connectivity index (χ1v) is 7.11. The van der Waals surface area contributed by atoms with Crippen LogP contribution in [0.5, 0.6) is 0 Å². The number of hydrogen-bond acceptors (Lipinski definition) is 3. The maximum atomic E-state index is 4.26. The Morgan fingerprint density at radius 2 is 2.23 bits per heavy atom. The monoisotopic (exact) mass is 217 g/mol. The Morgan fingerprint density at radius 3 is 2.77 bits per heavy atom. The van der Waals surface area contributed by atoms with E-state index in [9.17, 15) is 0 Å². The highest BCUT2D eigenvalue weighted by Gasteiger charge is 2.44. The van der Waals surface area contributed by atoms with Crippen LogP contribution in [0.15, 0.2) is 0 Å². The predicted octanol–water partition coefficient (Wildman–Crippen LogP) is 3.09. The van der Waals surface area contributed by atoms with Gasteiger partial charge in [0.25, 0.3) is 0 Å². The zero-order valence-electron chi connectivity index (χ0n) is 8.44. The molecule has 0 aromatic heterocycles. The van der Waals surface area contributed by atoms with E-state index in [0.29, 0.717) is 0 Å². The van der Waals surface area contributed by atoms with Crippen molar-refractivity contribution in [3.8, 4) is 0 Å². The maximum absolute atomic E-state index is 4.26. The molecule has 76 valence electrons. The SMILES string of the molecule is CC(C)C1CC2CN(SS)CCC21. The molecular weight excluding hydrogens is 198 g/mol. The topological polar surface area (TPSA) is 3.24 Å². The van der Waals surface area contributed by atoms with Crippen molar-refractivity contribution < 1.29 is 0 Å². The number of piperidine rings is 1. The lowest BCUT2D eigenvalue weighted by atomic mass is 9.58. The summed E-state index contributed by atoms with van der Waals surface area (Å²) in [5.74, 6) is 3.95. The quantitative estimate of drug-likeness (QED) is 0.430. The Balaban J connectivity index is 1.86. The molecule has 1 saturated heterocycles. The molecule has 0 aromatic rings. The number of fused-ring (bicyclic) bond motifs is 1. The summed E-state index contributed by atoms with van der Waals surface area (Å²) in [5, 5.41) is 0. The summed E-state index contributed by atoms with van der Waals surface area (Å²) < 4.78 is 2.40. The first-order valence-electron chi connectivity index (χ1n) is 5.29. The van der Waals surface area contributed by atoms with Gasteiger partial charge in [-0.25, -0.2) is 4.31 Å². The van der Waals surface area contributed by atoms with Crippen molar-refractivity contribution in [2.45, 2.75) is 26.7 Å². The molecule has 0 N–H and O–H groups in total. The molecule has 2 aliphatic rings. The van der Waals surface area contributed by atoms with E-state index < -0.39 is 0 Å². The van der Waals surface area contributed by atoms with Gasteiger partial charge in [0.15, 0.2) is 0 Å². The van der Waals surface area contributed by atoms with Crippen molar-refractivity contribution in [3.05, 3.63) is 0 Å². The minimum Gasteiger partial charge on any atom is -0.241 e. The molecule has 0 radical (unpaired) electrons. The largest absolute Gasteiger partial charge is 0.241 e. The first kappa shape index (κ1) is 10.2. The normalized spacial score (nSPS) is 40.2. The molecule has 1 heterocycles. The third-order valence-electron chi connectivity index (χ3n) is 3.85. The van der Waals surface area contributed by atoms with Crippen LogP contribution in [-0.2, 0) is 0 Å². The van der Waals surface area contributed by atoms with Crippen molar-refractivity contribution in [2.24, 2.45) is 23.7 Å². The second kappa shape index (κ2) is 4.03. The van der Waals surface area contributed by atoms with Gasteiger partial charge in [-0.1, -0.05) is 25.5 Å². The van der Waals surface area contributed by atoms with Gasteiger partial charge >= 0.3 is 0 Å². The summed E-state index contributed by atoms with van der Waals surface area (Å²) in [7, 11) is 1.62. The van der Waals surface area contributed by atoms with E-state index in [0.717, 1.165) is 23.7 Å². The molecule has 0 amide bonds. The van der Waals surface area contributed by atoms with Crippen molar-refractivity contribution in [3.63, 3.8) is 0 Å². The van der Waals surface area contributed by atoms with E-state index in [2.05, 4.69) is 29.8 Å². The van der Waals surface area contributed by atoms with Gasteiger partial charge in [-0.3, -0.25) is 0 Å². The van der Waals surface area contributed by atoms with Crippen LogP contribution in [0.25, 0.3) is 0 Å². The molecule has 0 bridgehead atoms. The highest BCUT2D eigenvalue weighted by atomic mass is 33.1. The predicted molar refractivity (Wildman–Crippen MR) is 62.7 cm³/mol. The third kappa shape index (κ3) is 1.88. The Hall–Kier alpha value is 0.660. The van der Waals surface area contributed by atoms with Crippen LogP contribution >= 0.6 is 22.6 Å². The average molecular weight is 217 g/mol. The highest BCUT2D eigenvalue weighted by molar-refractivity contribution is 8.67. The summed E-state index contributed by atoms with van der Waals surface area (Å²) in [4.78, 5) is 0. The molecule has 13 heavy (non-hydrogen) atoms. The van der Waals surface area contributed by atoms with E-state index in [4.69, 9.17) is 0 Å². The minimum atomic E-state index is 0.899. The second-order valence-electron chi connectivity index (χ2n) is 4.83. The molecule has 1 saturated carbocycles. The Morgan fingerprint density at radius 1 is 1.46 bits per heavy atom. The van der Waals surface area contributed by atoms with Crippen LogP contribution in [0.1, 0.15) is 26.7 Å². The number of rotatable bonds is 2. The Bertz CT molecular complexity index is 184. The highest BCUT2D eigenvalue weighted by Crippen LogP contribution is 2.49. The summed E-state index contributed by atoms with van der Waals surface area (Å²) in [6.45, 7) is 7.28. The summed E-state index contributed by atoms with van der Waals surface area (Å²) >= 11 is 4.26. The minimum absolute atomic E-state index is 0.899. The second-order valence-corrected chi connectivity index (χ2v) is 6.00. The molecular formula is C10H19NS2. The van der Waals surface area contributed by atoms with E-state index in [-0.39, 0.29) is 0 Å². The van der Waals surface area contributed by atoms with Gasteiger partial charge in [-0.15, -0.1) is 0 Å². The van der Waals surface area contributed by atoms with Gasteiger partial charge < -0.3 is 0 Å². The lowest BCUT2D eigenvalue weighted by Crippen LogP contribution is -2.49. The van der Waals surface area contributed by atoms with Gasteiger partial charge in [0.05, 0.1) is 0 Å². The molecule has 3 unspecified atom stereocenters. The van der Waals surface area contributed by atoms with E-state index in [1.54, 1.807) is 11.0 Å². The lowest BCUT2D eigenvalue weighted by molar-refractivity contribution is -0.00968. The fourth-order valence-electron chi connectivity index (χ4n) is 3.00. The fourth-order valence-corrected chi connectivity index (χ4v) is 3.89. The first-order chi connectivity index (χ1) is 6.22. The molecule has 2 rings (SSSR count). The maximum Gasteiger partial charge on any atom is 0.0128 e. The molecule has 2 fully saturated rings. The average Bonchev–Trinajstić information content (AvgIpc) is 2.06. The molecule has 0 aromatic carbocycles. The summed E-state index contributed by atoms with van der Waals surface area (Å²) in [5.41, 5.74) is 0. The Labute approximate surface area is 90.6 Å². The zero-order chi connectivity index (χ0) is 9.42. The smallest absolute Gasteiger partial charge is 0.0128 e. The Kier molecular flexibility index (Phi) is 3.16. The van der Waals surface area contributed by atoms with Crippen LogP contribution in [0.2, 0.25) is 0 Å². The number of hydrogen-bond donors (Lipinski definition) is 1. The van der Waals surface area contributed by atoms with Gasteiger partial charge in [-0.2, -0.15) is 0 Å². The van der Waals surface area contributed by atoms with Crippen molar-refractivity contribution in [2.75, 3.05) is 13.1 Å². The number of thiol groups is 1. The van der Waals surface area contributed by atoms with E-state index >= 15 is 0 Å². The van der Waals surface area contributed by atoms with Crippen molar-refractivity contribution >= 4 is 22.6 Å². The molecule has 0 spiro atoms. The molecule has 1 aliphatic heterocycles. The van der Waals surface area contributed by atoms with Gasteiger partial charge in [0, 0.05) is 13.1 Å². The van der Waals surface area contributed by atoms with Gasteiger partial charge in [0.1, 0.15) is 0 Å². The van der Waals surface area contributed by atoms with Crippen LogP contribution in [0.3, 0.4) is 0 Å². The van der Waals surface area contributed by atoms with Crippen molar-refractivity contribution in [1.82, 2.24) is 4.31 Å². The number of nitrogens with zero attached hydrogens (tertiary/aromatic N) is 1. The molecule has 1 aliphatic carbocycles. The van der Waals surface area contributed by atoms with E-state index in [1.807, 2.05) is 0 Å². The van der Waals surface area contributed by atoms with Gasteiger partial charge in [-0.05, 0) is 47.5 Å². The molecule has 1 nitrogen and oxygen atoms in total.